The zero-order chi connectivity index (χ0) is 15.9. The molecule has 0 radical (unpaired) electrons. The molecule has 3 aromatic rings. The number of hydrogen-bond acceptors (Lipinski definition) is 4. The van der Waals surface area contributed by atoms with Crippen LogP contribution in [0.25, 0.3) is 10.9 Å². The van der Waals surface area contributed by atoms with E-state index >= 15 is 0 Å². The maximum Gasteiger partial charge on any atom is 0.106 e. The van der Waals surface area contributed by atoms with Crippen LogP contribution in [-0.4, -0.2) is 19.4 Å². The lowest BCUT2D eigenvalue weighted by atomic mass is 9.94. The highest BCUT2D eigenvalue weighted by Gasteiger charge is 2.21. The molecule has 116 valence electrons. The first-order valence-electron chi connectivity index (χ1n) is 7.13. The Balaban J connectivity index is 1.85. The van der Waals surface area contributed by atoms with Crippen molar-refractivity contribution in [1.82, 2.24) is 15.2 Å². The van der Waals surface area contributed by atoms with Crippen molar-refractivity contribution in [3.8, 4) is 0 Å². The molecular weight excluding hydrogens is 314 g/mol. The van der Waals surface area contributed by atoms with E-state index in [1.807, 2.05) is 25.1 Å². The molecule has 6 heteroatoms. The van der Waals surface area contributed by atoms with Crippen molar-refractivity contribution in [2.45, 2.75) is 43.8 Å². The average Bonchev–Trinajstić information content (AvgIpc) is 3.03. The number of nitrogens with zero attached hydrogens (tertiary/aromatic N) is 2. The van der Waals surface area contributed by atoms with Gasteiger partial charge in [0, 0.05) is 15.2 Å². The lowest BCUT2D eigenvalue weighted by Gasteiger charge is -2.16. The molecule has 1 atom stereocenters. The lowest BCUT2D eigenvalue weighted by Crippen LogP contribution is -2.10. The molecule has 1 aromatic carbocycles. The molecule has 0 fully saturated rings. The second kappa shape index (κ2) is 5.59. The summed E-state index contributed by atoms with van der Waals surface area (Å²) in [5, 5.41) is 8.82. The monoisotopic (exact) mass is 333 g/mol. The number of aryl methyl sites for hydroxylation is 1. The predicted molar refractivity (Wildman–Crippen MR) is 91.8 cm³/mol. The smallest absolute Gasteiger partial charge is 0.106 e. The van der Waals surface area contributed by atoms with Crippen LogP contribution >= 0.6 is 11.3 Å². The number of hydrogen-bond donors (Lipinski definition) is 1. The molecule has 22 heavy (non-hydrogen) atoms. The summed E-state index contributed by atoms with van der Waals surface area (Å²) < 4.78 is 12.6. The number of thiazole rings is 1. The van der Waals surface area contributed by atoms with E-state index < -0.39 is 10.8 Å². The van der Waals surface area contributed by atoms with Gasteiger partial charge in [-0.3, -0.25) is 9.31 Å². The van der Waals surface area contributed by atoms with Crippen LogP contribution in [-0.2, 0) is 22.0 Å². The Kier molecular flexibility index (Phi) is 3.91. The summed E-state index contributed by atoms with van der Waals surface area (Å²) in [5.41, 5.74) is 2.09. The minimum absolute atomic E-state index is 0.0806. The van der Waals surface area contributed by atoms with Crippen molar-refractivity contribution < 1.29 is 4.21 Å². The van der Waals surface area contributed by atoms with Gasteiger partial charge in [-0.15, -0.1) is 11.3 Å². The SMILES string of the molecule is Cc1nc(CS(=O)c2ccc3[nH]ncc3c2)sc1C(C)(C)C. The van der Waals surface area contributed by atoms with E-state index in [0.29, 0.717) is 5.75 Å². The Morgan fingerprint density at radius 1 is 1.32 bits per heavy atom. The largest absolute Gasteiger partial charge is 0.278 e. The van der Waals surface area contributed by atoms with Crippen molar-refractivity contribution in [1.29, 1.82) is 0 Å². The second-order valence-corrected chi connectivity index (χ2v) is 8.92. The van der Waals surface area contributed by atoms with E-state index in [1.165, 1.54) is 4.88 Å². The van der Waals surface area contributed by atoms with E-state index in [0.717, 1.165) is 26.5 Å². The highest BCUT2D eigenvalue weighted by molar-refractivity contribution is 7.84. The maximum atomic E-state index is 12.6. The van der Waals surface area contributed by atoms with Crippen LogP contribution in [0.1, 0.15) is 36.3 Å². The number of nitrogens with one attached hydrogen (secondary N) is 1. The van der Waals surface area contributed by atoms with Crippen molar-refractivity contribution >= 4 is 33.0 Å². The molecule has 0 aliphatic rings. The lowest BCUT2D eigenvalue weighted by molar-refractivity contribution is 0.598. The van der Waals surface area contributed by atoms with Crippen molar-refractivity contribution in [2.24, 2.45) is 0 Å². The van der Waals surface area contributed by atoms with Crippen molar-refractivity contribution in [3.63, 3.8) is 0 Å². The molecular formula is C16H19N3OS2. The summed E-state index contributed by atoms with van der Waals surface area (Å²) in [6.07, 6.45) is 1.75. The summed E-state index contributed by atoms with van der Waals surface area (Å²) in [4.78, 5) is 6.69. The fourth-order valence-electron chi connectivity index (χ4n) is 2.47. The molecule has 0 aliphatic heterocycles. The van der Waals surface area contributed by atoms with Crippen molar-refractivity contribution in [3.05, 3.63) is 40.0 Å². The Bertz CT molecular complexity index is 843. The van der Waals surface area contributed by atoms with Crippen LogP contribution in [0, 0.1) is 6.92 Å². The summed E-state index contributed by atoms with van der Waals surface area (Å²) in [6.45, 7) is 8.57. The van der Waals surface area contributed by atoms with Gasteiger partial charge in [0.1, 0.15) is 5.01 Å². The molecule has 4 nitrogen and oxygen atoms in total. The Labute approximate surface area is 136 Å². The van der Waals surface area contributed by atoms with Crippen LogP contribution in [0.4, 0.5) is 0 Å². The van der Waals surface area contributed by atoms with E-state index in [2.05, 4.69) is 36.0 Å². The van der Waals surface area contributed by atoms with Crippen LogP contribution in [0.3, 0.4) is 0 Å². The topological polar surface area (TPSA) is 58.6 Å². The highest BCUT2D eigenvalue weighted by Crippen LogP contribution is 2.32. The maximum absolute atomic E-state index is 12.6. The van der Waals surface area contributed by atoms with Gasteiger partial charge >= 0.3 is 0 Å². The van der Waals surface area contributed by atoms with Gasteiger partial charge in [-0.2, -0.15) is 5.10 Å². The van der Waals surface area contributed by atoms with Gasteiger partial charge in [-0.1, -0.05) is 20.8 Å². The van der Waals surface area contributed by atoms with E-state index in [9.17, 15) is 4.21 Å². The van der Waals surface area contributed by atoms with E-state index in [1.54, 1.807) is 17.5 Å². The molecule has 0 saturated heterocycles. The van der Waals surface area contributed by atoms with Gasteiger partial charge in [0.2, 0.25) is 0 Å². The van der Waals surface area contributed by atoms with Crippen molar-refractivity contribution in [2.75, 3.05) is 0 Å². The number of aromatic amines is 1. The van der Waals surface area contributed by atoms with Gasteiger partial charge in [-0.25, -0.2) is 4.98 Å². The Morgan fingerprint density at radius 3 is 2.77 bits per heavy atom. The zero-order valence-electron chi connectivity index (χ0n) is 13.1. The van der Waals surface area contributed by atoms with Crippen LogP contribution in [0.5, 0.6) is 0 Å². The van der Waals surface area contributed by atoms with Gasteiger partial charge < -0.3 is 0 Å². The quantitative estimate of drug-likeness (QED) is 0.790. The van der Waals surface area contributed by atoms with Crippen LogP contribution in [0.2, 0.25) is 0 Å². The fourth-order valence-corrected chi connectivity index (χ4v) is 4.88. The minimum atomic E-state index is -1.09. The Morgan fingerprint density at radius 2 is 2.09 bits per heavy atom. The predicted octanol–water partition coefficient (Wildman–Crippen LogP) is 3.93. The zero-order valence-corrected chi connectivity index (χ0v) is 14.8. The Hall–Kier alpha value is -1.53. The van der Waals surface area contributed by atoms with Gasteiger partial charge in [0.05, 0.1) is 34.0 Å². The van der Waals surface area contributed by atoms with Crippen LogP contribution < -0.4 is 0 Å². The van der Waals surface area contributed by atoms with Gasteiger partial charge in [0.15, 0.2) is 0 Å². The second-order valence-electron chi connectivity index (χ2n) is 6.38. The average molecular weight is 333 g/mol. The summed E-state index contributed by atoms with van der Waals surface area (Å²) in [5.74, 6) is 0.463. The number of aromatic nitrogens is 3. The molecule has 2 aromatic heterocycles. The number of rotatable bonds is 3. The van der Waals surface area contributed by atoms with Gasteiger partial charge in [-0.05, 0) is 30.5 Å². The minimum Gasteiger partial charge on any atom is -0.278 e. The fraction of sp³-hybridized carbons (Fsp3) is 0.375. The standard InChI is InChI=1S/C16H19N3OS2/c1-10-15(16(2,3)4)21-14(18-10)9-22(20)12-5-6-13-11(7-12)8-17-19-13/h5-8H,9H2,1-4H3,(H,17,19). The molecule has 0 spiro atoms. The molecule has 3 rings (SSSR count). The normalized spacial score (nSPS) is 13.6. The van der Waals surface area contributed by atoms with E-state index in [4.69, 9.17) is 0 Å². The molecule has 0 bridgehead atoms. The number of fused-ring (bicyclic) bond motifs is 1. The molecule has 0 saturated carbocycles. The third-order valence-corrected chi connectivity index (χ3v) is 6.53. The highest BCUT2D eigenvalue weighted by atomic mass is 32.2. The summed E-state index contributed by atoms with van der Waals surface area (Å²) in [7, 11) is -1.09. The molecule has 0 amide bonds. The van der Waals surface area contributed by atoms with E-state index in [-0.39, 0.29) is 5.41 Å². The molecule has 1 N–H and O–H groups in total. The summed E-state index contributed by atoms with van der Waals surface area (Å²) in [6, 6.07) is 5.74. The third-order valence-electron chi connectivity index (χ3n) is 3.45. The number of benzene rings is 1. The molecule has 0 aliphatic carbocycles. The first-order valence-corrected chi connectivity index (χ1v) is 9.26. The molecule has 2 heterocycles. The third kappa shape index (κ3) is 2.98. The van der Waals surface area contributed by atoms with Crippen LogP contribution in [0.15, 0.2) is 29.3 Å². The molecule has 1 unspecified atom stereocenters. The first kappa shape index (κ1) is 15.4. The number of H-pyrrole nitrogens is 1. The first-order chi connectivity index (χ1) is 10.3. The van der Waals surface area contributed by atoms with Gasteiger partial charge in [0.25, 0.3) is 0 Å². The summed E-state index contributed by atoms with van der Waals surface area (Å²) >= 11 is 1.67.